The third-order valence-electron chi connectivity index (χ3n) is 3.34. The van der Waals surface area contributed by atoms with Crippen molar-refractivity contribution < 1.29 is 17.6 Å². The van der Waals surface area contributed by atoms with E-state index in [9.17, 15) is 17.6 Å². The highest BCUT2D eigenvalue weighted by molar-refractivity contribution is 7.89. The van der Waals surface area contributed by atoms with Gasteiger partial charge in [0.05, 0.1) is 17.4 Å². The standard InChI is InChI=1S/C16H17FN2O3S/c1-11(13-5-7-15(8-6-13)23(18,21)22)19-16(20)10-12-3-2-4-14(17)9-12/h2-9,11H,10H2,1H3,(H,19,20)(H2,18,21,22)/t11-/m1/s1. The fourth-order valence-corrected chi connectivity index (χ4v) is 2.67. The second-order valence-electron chi connectivity index (χ2n) is 5.21. The second-order valence-corrected chi connectivity index (χ2v) is 6.77. The lowest BCUT2D eigenvalue weighted by molar-refractivity contribution is -0.121. The topological polar surface area (TPSA) is 89.3 Å². The van der Waals surface area contributed by atoms with E-state index in [0.29, 0.717) is 5.56 Å². The highest BCUT2D eigenvalue weighted by Gasteiger charge is 2.12. The zero-order valence-electron chi connectivity index (χ0n) is 12.5. The van der Waals surface area contributed by atoms with Crippen molar-refractivity contribution in [3.05, 3.63) is 65.5 Å². The lowest BCUT2D eigenvalue weighted by Crippen LogP contribution is -2.28. The van der Waals surface area contributed by atoms with Crippen LogP contribution in [0.25, 0.3) is 0 Å². The molecule has 0 spiro atoms. The molecule has 0 aliphatic heterocycles. The Kier molecular flexibility index (Phi) is 5.12. The van der Waals surface area contributed by atoms with Crippen LogP contribution in [0, 0.1) is 5.82 Å². The van der Waals surface area contributed by atoms with Crippen LogP contribution in [0.3, 0.4) is 0 Å². The maximum Gasteiger partial charge on any atom is 0.238 e. The van der Waals surface area contributed by atoms with Crippen LogP contribution in [-0.4, -0.2) is 14.3 Å². The number of nitrogens with one attached hydrogen (secondary N) is 1. The fraction of sp³-hybridized carbons (Fsp3) is 0.188. The molecule has 0 aliphatic carbocycles. The number of amides is 1. The zero-order chi connectivity index (χ0) is 17.0. The van der Waals surface area contributed by atoms with Gasteiger partial charge in [-0.3, -0.25) is 4.79 Å². The largest absolute Gasteiger partial charge is 0.349 e. The van der Waals surface area contributed by atoms with Crippen LogP contribution in [-0.2, 0) is 21.2 Å². The van der Waals surface area contributed by atoms with Gasteiger partial charge in [-0.2, -0.15) is 0 Å². The van der Waals surface area contributed by atoms with Gasteiger partial charge in [-0.15, -0.1) is 0 Å². The van der Waals surface area contributed by atoms with Gasteiger partial charge in [0.15, 0.2) is 0 Å². The van der Waals surface area contributed by atoms with Crippen LogP contribution in [0.1, 0.15) is 24.1 Å². The molecule has 0 fully saturated rings. The number of carbonyl (C=O) groups is 1. The monoisotopic (exact) mass is 336 g/mol. The van der Waals surface area contributed by atoms with Gasteiger partial charge in [-0.25, -0.2) is 17.9 Å². The van der Waals surface area contributed by atoms with Gasteiger partial charge in [0.1, 0.15) is 5.82 Å². The summed E-state index contributed by atoms with van der Waals surface area (Å²) in [5.41, 5.74) is 1.32. The van der Waals surface area contributed by atoms with Crippen LogP contribution >= 0.6 is 0 Å². The van der Waals surface area contributed by atoms with Crippen molar-refractivity contribution in [3.63, 3.8) is 0 Å². The van der Waals surface area contributed by atoms with Crippen LogP contribution < -0.4 is 10.5 Å². The number of carbonyl (C=O) groups excluding carboxylic acids is 1. The van der Waals surface area contributed by atoms with Gasteiger partial charge >= 0.3 is 0 Å². The molecular weight excluding hydrogens is 319 g/mol. The first-order valence-corrected chi connectivity index (χ1v) is 8.47. The minimum atomic E-state index is -3.74. The minimum absolute atomic E-state index is 0.0135. The molecule has 0 bridgehead atoms. The summed E-state index contributed by atoms with van der Waals surface area (Å²) in [6, 6.07) is 11.5. The van der Waals surface area contributed by atoms with Gasteiger partial charge in [-0.1, -0.05) is 24.3 Å². The van der Waals surface area contributed by atoms with E-state index in [4.69, 9.17) is 5.14 Å². The van der Waals surface area contributed by atoms with Crippen LogP contribution in [0.4, 0.5) is 4.39 Å². The van der Waals surface area contributed by atoms with E-state index in [0.717, 1.165) is 5.56 Å². The number of nitrogens with two attached hydrogens (primary N) is 1. The summed E-state index contributed by atoms with van der Waals surface area (Å²) in [7, 11) is -3.74. The second kappa shape index (κ2) is 6.89. The summed E-state index contributed by atoms with van der Waals surface area (Å²) >= 11 is 0. The third-order valence-corrected chi connectivity index (χ3v) is 4.27. The van der Waals surface area contributed by atoms with Gasteiger partial charge in [0, 0.05) is 0 Å². The molecule has 23 heavy (non-hydrogen) atoms. The summed E-state index contributed by atoms with van der Waals surface area (Å²) in [6.45, 7) is 1.77. The molecule has 5 nitrogen and oxygen atoms in total. The van der Waals surface area contributed by atoms with E-state index in [1.807, 2.05) is 0 Å². The predicted octanol–water partition coefficient (Wildman–Crippen LogP) is 1.89. The van der Waals surface area contributed by atoms with Crippen molar-refractivity contribution >= 4 is 15.9 Å². The smallest absolute Gasteiger partial charge is 0.238 e. The van der Waals surface area contributed by atoms with Gasteiger partial charge in [-0.05, 0) is 42.3 Å². The number of halogens is 1. The summed E-state index contributed by atoms with van der Waals surface area (Å²) in [6.07, 6.45) is 0.0668. The van der Waals surface area contributed by atoms with Gasteiger partial charge < -0.3 is 5.32 Å². The van der Waals surface area contributed by atoms with Crippen molar-refractivity contribution in [2.24, 2.45) is 5.14 Å². The van der Waals surface area contributed by atoms with E-state index in [-0.39, 0.29) is 29.1 Å². The Labute approximate surface area is 134 Å². The van der Waals surface area contributed by atoms with Gasteiger partial charge in [0.25, 0.3) is 0 Å². The number of primary sulfonamides is 1. The molecule has 7 heteroatoms. The molecule has 2 rings (SSSR count). The summed E-state index contributed by atoms with van der Waals surface area (Å²) in [5, 5.41) is 7.81. The molecule has 122 valence electrons. The Bertz CT molecular complexity index is 804. The lowest BCUT2D eigenvalue weighted by atomic mass is 10.1. The van der Waals surface area contributed by atoms with E-state index in [1.165, 1.54) is 24.3 Å². The van der Waals surface area contributed by atoms with Crippen molar-refractivity contribution in [1.29, 1.82) is 0 Å². The van der Waals surface area contributed by atoms with E-state index >= 15 is 0 Å². The maximum absolute atomic E-state index is 13.1. The Morgan fingerprint density at radius 2 is 1.87 bits per heavy atom. The Morgan fingerprint density at radius 1 is 1.22 bits per heavy atom. The molecule has 0 saturated heterocycles. The summed E-state index contributed by atoms with van der Waals surface area (Å²) in [5.74, 6) is -0.638. The van der Waals surface area contributed by atoms with Crippen LogP contribution in [0.15, 0.2) is 53.4 Å². The van der Waals surface area contributed by atoms with Crippen molar-refractivity contribution in [3.8, 4) is 0 Å². The molecule has 3 N–H and O–H groups in total. The molecule has 1 amide bonds. The minimum Gasteiger partial charge on any atom is -0.349 e. The molecule has 0 aliphatic rings. The highest BCUT2D eigenvalue weighted by Crippen LogP contribution is 2.16. The zero-order valence-corrected chi connectivity index (χ0v) is 13.3. The number of sulfonamides is 1. The molecule has 0 aromatic heterocycles. The lowest BCUT2D eigenvalue weighted by Gasteiger charge is -2.15. The molecule has 1 atom stereocenters. The third kappa shape index (κ3) is 4.87. The van der Waals surface area contributed by atoms with E-state index in [2.05, 4.69) is 5.32 Å². The molecule has 0 radical (unpaired) electrons. The first kappa shape index (κ1) is 17.1. The van der Waals surface area contributed by atoms with Crippen molar-refractivity contribution in [2.45, 2.75) is 24.3 Å². The molecule has 0 saturated carbocycles. The SMILES string of the molecule is C[C@@H](NC(=O)Cc1cccc(F)c1)c1ccc(S(N)(=O)=O)cc1. The van der Waals surface area contributed by atoms with Gasteiger partial charge in [0.2, 0.25) is 15.9 Å². The Balaban J connectivity index is 2.01. The predicted molar refractivity (Wildman–Crippen MR) is 84.5 cm³/mol. The van der Waals surface area contributed by atoms with E-state index < -0.39 is 10.0 Å². The number of hydrogen-bond donors (Lipinski definition) is 2. The van der Waals surface area contributed by atoms with Crippen molar-refractivity contribution in [1.82, 2.24) is 5.32 Å². The molecule has 2 aromatic rings. The molecule has 0 unspecified atom stereocenters. The summed E-state index contributed by atoms with van der Waals surface area (Å²) in [4.78, 5) is 12.0. The molecule has 0 heterocycles. The number of benzene rings is 2. The van der Waals surface area contributed by atoms with Crippen LogP contribution in [0.5, 0.6) is 0 Å². The normalized spacial score (nSPS) is 12.7. The average Bonchev–Trinajstić information content (AvgIpc) is 2.46. The first-order valence-electron chi connectivity index (χ1n) is 6.92. The maximum atomic E-state index is 13.1. The molecular formula is C16H17FN2O3S. The quantitative estimate of drug-likeness (QED) is 0.874. The Hall–Kier alpha value is -2.25. The average molecular weight is 336 g/mol. The summed E-state index contributed by atoms with van der Waals surface area (Å²) < 4.78 is 35.5. The Morgan fingerprint density at radius 3 is 2.43 bits per heavy atom. The first-order chi connectivity index (χ1) is 10.8. The van der Waals surface area contributed by atoms with Crippen LogP contribution in [0.2, 0.25) is 0 Å². The molecule has 2 aromatic carbocycles. The number of hydrogen-bond acceptors (Lipinski definition) is 3. The number of rotatable bonds is 5. The fourth-order valence-electron chi connectivity index (χ4n) is 2.15. The highest BCUT2D eigenvalue weighted by atomic mass is 32.2. The van der Waals surface area contributed by atoms with Crippen molar-refractivity contribution in [2.75, 3.05) is 0 Å². The van der Waals surface area contributed by atoms with E-state index in [1.54, 1.807) is 31.2 Å².